The maximum absolute atomic E-state index is 12.7. The smallest absolute Gasteiger partial charge is 0.280 e. The number of carbonyl (C=O) groups is 1. The number of carbonyl (C=O) groups excluding carboxylic acids is 1. The zero-order valence-electron chi connectivity index (χ0n) is 15.1. The maximum Gasteiger partial charge on any atom is 0.280 e. The van der Waals surface area contributed by atoms with Crippen molar-refractivity contribution in [3.8, 4) is 11.5 Å². The largest absolute Gasteiger partial charge is 0.454 e. The Balaban J connectivity index is 1.83. The van der Waals surface area contributed by atoms with Gasteiger partial charge in [-0.1, -0.05) is 30.3 Å². The van der Waals surface area contributed by atoms with E-state index in [0.717, 1.165) is 5.56 Å². The Morgan fingerprint density at radius 3 is 2.52 bits per heavy atom. The van der Waals surface area contributed by atoms with Crippen LogP contribution < -0.4 is 9.47 Å². The molecule has 7 heteroatoms. The maximum atomic E-state index is 12.7. The van der Waals surface area contributed by atoms with Crippen LogP contribution in [0.3, 0.4) is 0 Å². The predicted molar refractivity (Wildman–Crippen MR) is 100 cm³/mol. The van der Waals surface area contributed by atoms with Gasteiger partial charge >= 0.3 is 0 Å². The molecule has 0 saturated carbocycles. The van der Waals surface area contributed by atoms with E-state index in [4.69, 9.17) is 9.47 Å². The fourth-order valence-electron chi connectivity index (χ4n) is 2.79. The van der Waals surface area contributed by atoms with Gasteiger partial charge in [-0.15, -0.1) is 0 Å². The number of hydrogen-bond acceptors (Lipinski definition) is 5. The van der Waals surface area contributed by atoms with Crippen LogP contribution in [-0.2, 0) is 11.3 Å². The van der Waals surface area contributed by atoms with E-state index in [9.17, 15) is 14.9 Å². The zero-order valence-corrected chi connectivity index (χ0v) is 15.1. The van der Waals surface area contributed by atoms with Crippen LogP contribution in [0, 0.1) is 10.1 Å². The first-order valence-corrected chi connectivity index (χ1v) is 8.56. The number of amides is 1. The molecule has 7 nitrogen and oxygen atoms in total. The van der Waals surface area contributed by atoms with Gasteiger partial charge in [-0.25, -0.2) is 0 Å². The van der Waals surface area contributed by atoms with Crippen molar-refractivity contribution in [3.05, 3.63) is 69.8 Å². The second kappa shape index (κ2) is 7.90. The van der Waals surface area contributed by atoms with Crippen molar-refractivity contribution in [2.24, 2.45) is 0 Å². The Kier molecular flexibility index (Phi) is 5.40. The fraction of sp³-hybridized carbons (Fsp3) is 0.250. The van der Waals surface area contributed by atoms with Gasteiger partial charge in [0.05, 0.1) is 16.6 Å². The second-order valence-corrected chi connectivity index (χ2v) is 6.40. The number of nitro groups is 1. The first-order valence-electron chi connectivity index (χ1n) is 8.56. The standard InChI is InChI=1S/C20H20N2O5/c1-14(2)21(12-15-6-4-3-5-7-15)20(23)9-8-16-10-18-19(27-13-26-18)11-17(16)22(24)25/h3-11,14H,12-13H2,1-2H3/b9-8+. The molecule has 1 aliphatic rings. The van der Waals surface area contributed by atoms with Crippen LogP contribution in [0.2, 0.25) is 0 Å². The predicted octanol–water partition coefficient (Wildman–Crippen LogP) is 3.77. The summed E-state index contributed by atoms with van der Waals surface area (Å²) >= 11 is 0. The van der Waals surface area contributed by atoms with Gasteiger partial charge in [0.25, 0.3) is 5.69 Å². The molecular formula is C20H20N2O5. The molecule has 0 aliphatic carbocycles. The molecule has 0 N–H and O–H groups in total. The molecule has 27 heavy (non-hydrogen) atoms. The Hall–Kier alpha value is -3.35. The van der Waals surface area contributed by atoms with Crippen LogP contribution in [0.15, 0.2) is 48.5 Å². The van der Waals surface area contributed by atoms with E-state index in [1.165, 1.54) is 24.3 Å². The van der Waals surface area contributed by atoms with Crippen molar-refractivity contribution >= 4 is 17.7 Å². The first-order chi connectivity index (χ1) is 13.0. The zero-order chi connectivity index (χ0) is 19.4. The number of ether oxygens (including phenoxy) is 2. The van der Waals surface area contributed by atoms with Gasteiger partial charge in [0, 0.05) is 18.7 Å². The van der Waals surface area contributed by atoms with Gasteiger partial charge in [-0.2, -0.15) is 0 Å². The molecule has 0 spiro atoms. The van der Waals surface area contributed by atoms with Crippen molar-refractivity contribution in [3.63, 3.8) is 0 Å². The third-order valence-electron chi connectivity index (χ3n) is 4.23. The molecule has 0 radical (unpaired) electrons. The molecule has 0 bridgehead atoms. The highest BCUT2D eigenvalue weighted by Crippen LogP contribution is 2.38. The van der Waals surface area contributed by atoms with Gasteiger partial charge in [0.1, 0.15) is 0 Å². The summed E-state index contributed by atoms with van der Waals surface area (Å²) < 4.78 is 10.5. The highest BCUT2D eigenvalue weighted by molar-refractivity contribution is 5.92. The Bertz CT molecular complexity index is 877. The third kappa shape index (κ3) is 4.25. The minimum Gasteiger partial charge on any atom is -0.454 e. The summed E-state index contributed by atoms with van der Waals surface area (Å²) in [7, 11) is 0. The lowest BCUT2D eigenvalue weighted by molar-refractivity contribution is -0.385. The van der Waals surface area contributed by atoms with Gasteiger partial charge in [0.2, 0.25) is 12.7 Å². The van der Waals surface area contributed by atoms with Crippen LogP contribution >= 0.6 is 0 Å². The number of nitrogens with zero attached hydrogens (tertiary/aromatic N) is 2. The van der Waals surface area contributed by atoms with Gasteiger partial charge in [-0.3, -0.25) is 14.9 Å². The molecule has 0 saturated heterocycles. The summed E-state index contributed by atoms with van der Waals surface area (Å²) in [6.45, 7) is 4.34. The third-order valence-corrected chi connectivity index (χ3v) is 4.23. The van der Waals surface area contributed by atoms with Crippen molar-refractivity contribution in [1.82, 2.24) is 4.90 Å². The number of fused-ring (bicyclic) bond motifs is 1. The highest BCUT2D eigenvalue weighted by Gasteiger charge is 2.22. The summed E-state index contributed by atoms with van der Waals surface area (Å²) in [6.07, 6.45) is 2.80. The number of nitro benzene ring substituents is 1. The summed E-state index contributed by atoms with van der Waals surface area (Å²) in [5.74, 6) is 0.538. The first kappa shape index (κ1) is 18.4. The Morgan fingerprint density at radius 2 is 1.89 bits per heavy atom. The summed E-state index contributed by atoms with van der Waals surface area (Å²) in [4.78, 5) is 25.2. The fourth-order valence-corrected chi connectivity index (χ4v) is 2.79. The van der Waals surface area contributed by atoms with E-state index in [2.05, 4.69) is 0 Å². The molecule has 1 aliphatic heterocycles. The summed E-state index contributed by atoms with van der Waals surface area (Å²) in [5, 5.41) is 11.3. The lowest BCUT2D eigenvalue weighted by Gasteiger charge is -2.25. The molecule has 1 heterocycles. The Morgan fingerprint density at radius 1 is 1.22 bits per heavy atom. The van der Waals surface area contributed by atoms with Crippen LogP contribution in [0.4, 0.5) is 5.69 Å². The number of benzene rings is 2. The van der Waals surface area contributed by atoms with Crippen LogP contribution in [-0.4, -0.2) is 28.6 Å². The van der Waals surface area contributed by atoms with Crippen molar-refractivity contribution in [2.45, 2.75) is 26.4 Å². The van der Waals surface area contributed by atoms with Crippen LogP contribution in [0.5, 0.6) is 11.5 Å². The lowest BCUT2D eigenvalue weighted by Crippen LogP contribution is -2.35. The van der Waals surface area contributed by atoms with E-state index in [-0.39, 0.29) is 24.4 Å². The van der Waals surface area contributed by atoms with E-state index < -0.39 is 4.92 Å². The van der Waals surface area contributed by atoms with E-state index >= 15 is 0 Å². The average molecular weight is 368 g/mol. The molecular weight excluding hydrogens is 348 g/mol. The van der Waals surface area contributed by atoms with E-state index in [1.54, 1.807) is 4.90 Å². The van der Waals surface area contributed by atoms with Crippen LogP contribution in [0.1, 0.15) is 25.0 Å². The van der Waals surface area contributed by atoms with Crippen LogP contribution in [0.25, 0.3) is 6.08 Å². The average Bonchev–Trinajstić information content (AvgIpc) is 3.11. The SMILES string of the molecule is CC(C)N(Cc1ccccc1)C(=O)/C=C/c1cc2c(cc1[N+](=O)[O-])OCO2. The highest BCUT2D eigenvalue weighted by atomic mass is 16.7. The van der Waals surface area contributed by atoms with Gasteiger partial charge in [-0.05, 0) is 31.6 Å². The molecule has 0 fully saturated rings. The number of hydrogen-bond donors (Lipinski definition) is 0. The summed E-state index contributed by atoms with van der Waals surface area (Å²) in [5.41, 5.74) is 1.17. The van der Waals surface area contributed by atoms with E-state index in [1.807, 2.05) is 44.2 Å². The molecule has 2 aromatic rings. The summed E-state index contributed by atoms with van der Waals surface area (Å²) in [6, 6.07) is 12.5. The molecule has 140 valence electrons. The normalized spacial score (nSPS) is 12.6. The van der Waals surface area contributed by atoms with Gasteiger partial charge in [0.15, 0.2) is 11.5 Å². The van der Waals surface area contributed by atoms with Gasteiger partial charge < -0.3 is 14.4 Å². The topological polar surface area (TPSA) is 81.9 Å². The molecule has 0 atom stereocenters. The molecule has 0 aromatic heterocycles. The van der Waals surface area contributed by atoms with Crippen molar-refractivity contribution in [2.75, 3.05) is 6.79 Å². The monoisotopic (exact) mass is 368 g/mol. The van der Waals surface area contributed by atoms with Crippen molar-refractivity contribution < 1.29 is 19.2 Å². The second-order valence-electron chi connectivity index (χ2n) is 6.40. The minimum atomic E-state index is -0.504. The Labute approximate surface area is 157 Å². The van der Waals surface area contributed by atoms with E-state index in [0.29, 0.717) is 23.6 Å². The number of rotatable bonds is 6. The molecule has 2 aromatic carbocycles. The molecule has 1 amide bonds. The van der Waals surface area contributed by atoms with Crippen molar-refractivity contribution in [1.29, 1.82) is 0 Å². The minimum absolute atomic E-state index is 0.0194. The molecule has 3 rings (SSSR count). The molecule has 0 unspecified atom stereocenters. The quantitative estimate of drug-likeness (QED) is 0.440. The lowest BCUT2D eigenvalue weighted by atomic mass is 10.1.